The van der Waals surface area contributed by atoms with Crippen LogP contribution in [0.15, 0.2) is 53.1 Å². The van der Waals surface area contributed by atoms with Crippen LogP contribution in [0, 0.1) is 5.41 Å². The summed E-state index contributed by atoms with van der Waals surface area (Å²) in [5.41, 5.74) is 5.27. The maximum Gasteiger partial charge on any atom is 0.251 e. The van der Waals surface area contributed by atoms with Crippen LogP contribution in [0.25, 0.3) is 16.2 Å². The van der Waals surface area contributed by atoms with Gasteiger partial charge in [0.25, 0.3) is 5.91 Å². The molecule has 0 saturated heterocycles. The van der Waals surface area contributed by atoms with E-state index >= 15 is 0 Å². The van der Waals surface area contributed by atoms with Crippen molar-refractivity contribution < 1.29 is 4.79 Å². The van der Waals surface area contributed by atoms with Gasteiger partial charge in [0.1, 0.15) is 0 Å². The number of fused-ring (bicyclic) bond motifs is 1. The van der Waals surface area contributed by atoms with Gasteiger partial charge in [-0.3, -0.25) is 4.79 Å². The van der Waals surface area contributed by atoms with E-state index in [9.17, 15) is 4.79 Å². The molecule has 0 aliphatic heterocycles. The van der Waals surface area contributed by atoms with Crippen LogP contribution in [0.4, 0.5) is 0 Å². The van der Waals surface area contributed by atoms with E-state index in [4.69, 9.17) is 0 Å². The summed E-state index contributed by atoms with van der Waals surface area (Å²) in [6, 6.07) is 8.14. The molecule has 3 heteroatoms. The van der Waals surface area contributed by atoms with E-state index in [2.05, 4.69) is 57.3 Å². The number of amides is 1. The Balaban J connectivity index is 1.82. The number of hydrogen-bond donors (Lipinski definition) is 1. The number of benzene rings is 1. The number of rotatable bonds is 5. The van der Waals surface area contributed by atoms with Crippen molar-refractivity contribution in [1.29, 1.82) is 0 Å². The molecule has 1 heterocycles. The molecular weight excluding hydrogens is 362 g/mol. The molecule has 0 bridgehead atoms. The molecule has 2 aromatic rings. The number of hydrogen-bond acceptors (Lipinski definition) is 2. The van der Waals surface area contributed by atoms with Crippen molar-refractivity contribution in [3.63, 3.8) is 0 Å². The lowest BCUT2D eigenvalue weighted by Crippen LogP contribution is -2.22. The van der Waals surface area contributed by atoms with Crippen LogP contribution >= 0.6 is 11.3 Å². The number of carbonyl (C=O) groups excluding carboxylic acids is 1. The highest BCUT2D eigenvalue weighted by atomic mass is 32.1. The van der Waals surface area contributed by atoms with Crippen LogP contribution in [-0.2, 0) is 0 Å². The van der Waals surface area contributed by atoms with Crippen molar-refractivity contribution in [3.8, 4) is 0 Å². The summed E-state index contributed by atoms with van der Waals surface area (Å²) in [6.07, 6.45) is 10.6. The van der Waals surface area contributed by atoms with Gasteiger partial charge in [-0.25, -0.2) is 0 Å². The summed E-state index contributed by atoms with van der Waals surface area (Å²) < 4.78 is 1.15. The fourth-order valence-electron chi connectivity index (χ4n) is 4.02. The molecule has 0 unspecified atom stereocenters. The van der Waals surface area contributed by atoms with Gasteiger partial charge in [0, 0.05) is 21.7 Å². The van der Waals surface area contributed by atoms with Crippen LogP contribution in [0.5, 0.6) is 0 Å². The Kier molecular flexibility index (Phi) is 6.24. The minimum absolute atomic E-state index is 0.00672. The second-order valence-electron chi connectivity index (χ2n) is 8.41. The van der Waals surface area contributed by atoms with Crippen molar-refractivity contribution in [3.05, 3.63) is 63.6 Å². The molecule has 1 amide bonds. The fraction of sp³-hybridized carbons (Fsp3) is 0.400. The zero-order valence-corrected chi connectivity index (χ0v) is 18.5. The van der Waals surface area contributed by atoms with E-state index in [1.165, 1.54) is 46.2 Å². The third-order valence-electron chi connectivity index (χ3n) is 5.56. The average Bonchev–Trinajstić information content (AvgIpc) is 3.02. The highest BCUT2D eigenvalue weighted by Gasteiger charge is 2.26. The maximum atomic E-state index is 12.1. The Labute approximate surface area is 173 Å². The Morgan fingerprint density at radius 1 is 1.29 bits per heavy atom. The van der Waals surface area contributed by atoms with Gasteiger partial charge in [-0.05, 0) is 86.3 Å². The van der Waals surface area contributed by atoms with Crippen LogP contribution < -0.4 is 5.32 Å². The molecule has 0 spiro atoms. The summed E-state index contributed by atoms with van der Waals surface area (Å²) in [5.74, 6) is -0.00672. The van der Waals surface area contributed by atoms with Gasteiger partial charge in [-0.2, -0.15) is 0 Å². The van der Waals surface area contributed by atoms with E-state index < -0.39 is 0 Å². The molecule has 1 N–H and O–H groups in total. The monoisotopic (exact) mass is 393 g/mol. The van der Waals surface area contributed by atoms with Gasteiger partial charge in [0.2, 0.25) is 0 Å². The first-order valence-electron chi connectivity index (χ1n) is 10.2. The smallest absolute Gasteiger partial charge is 0.251 e. The molecule has 1 aliphatic carbocycles. The normalized spacial score (nSPS) is 17.5. The van der Waals surface area contributed by atoms with Crippen molar-refractivity contribution in [2.75, 3.05) is 6.54 Å². The topological polar surface area (TPSA) is 29.1 Å². The Hall–Kier alpha value is -2.13. The highest BCUT2D eigenvalue weighted by molar-refractivity contribution is 7.19. The number of nitrogens with one attached hydrogen (secondary N) is 1. The molecule has 1 aromatic heterocycles. The molecule has 0 atom stereocenters. The zero-order valence-electron chi connectivity index (χ0n) is 17.7. The first kappa shape index (κ1) is 20.6. The molecule has 1 aromatic carbocycles. The largest absolute Gasteiger partial charge is 0.352 e. The first-order valence-corrected chi connectivity index (χ1v) is 11.0. The van der Waals surface area contributed by atoms with Crippen molar-refractivity contribution in [2.24, 2.45) is 5.41 Å². The van der Waals surface area contributed by atoms with Crippen LogP contribution in [0.3, 0.4) is 0 Å². The van der Waals surface area contributed by atoms with Crippen molar-refractivity contribution >= 4 is 33.4 Å². The van der Waals surface area contributed by atoms with E-state index in [1.807, 2.05) is 25.1 Å². The summed E-state index contributed by atoms with van der Waals surface area (Å²) in [7, 11) is 0. The Morgan fingerprint density at radius 2 is 2.07 bits per heavy atom. The zero-order chi connectivity index (χ0) is 20.3. The summed E-state index contributed by atoms with van der Waals surface area (Å²) in [6.45, 7) is 11.7. The van der Waals surface area contributed by atoms with E-state index in [1.54, 1.807) is 11.3 Å². The van der Waals surface area contributed by atoms with E-state index in [-0.39, 0.29) is 11.3 Å². The van der Waals surface area contributed by atoms with Crippen molar-refractivity contribution in [1.82, 2.24) is 5.32 Å². The van der Waals surface area contributed by atoms with Crippen LogP contribution in [-0.4, -0.2) is 12.5 Å². The van der Waals surface area contributed by atoms with Gasteiger partial charge in [0.05, 0.1) is 0 Å². The molecule has 0 saturated carbocycles. The van der Waals surface area contributed by atoms with Crippen LogP contribution in [0.1, 0.15) is 69.1 Å². The lowest BCUT2D eigenvalue weighted by atomic mass is 9.72. The Morgan fingerprint density at radius 3 is 2.79 bits per heavy atom. The number of allylic oxidation sites excluding steroid dienone is 5. The highest BCUT2D eigenvalue weighted by Crippen LogP contribution is 2.40. The molecule has 148 valence electrons. The lowest BCUT2D eigenvalue weighted by Gasteiger charge is -2.32. The SMILES string of the molecule is CCNC(=O)c1ccc2cc(C=C(C)C=CC3=C(C)CCCC3(C)C)sc2c1. The minimum Gasteiger partial charge on any atom is -0.352 e. The van der Waals surface area contributed by atoms with Gasteiger partial charge < -0.3 is 5.32 Å². The molecule has 28 heavy (non-hydrogen) atoms. The fourth-order valence-corrected chi connectivity index (χ4v) is 5.14. The number of carbonyl (C=O) groups is 1. The maximum absolute atomic E-state index is 12.1. The second-order valence-corrected chi connectivity index (χ2v) is 9.53. The third kappa shape index (κ3) is 4.64. The number of thiophene rings is 1. The quantitative estimate of drug-likeness (QED) is 0.537. The van der Waals surface area contributed by atoms with Crippen LogP contribution in [0.2, 0.25) is 0 Å². The predicted molar refractivity (Wildman–Crippen MR) is 123 cm³/mol. The molecule has 0 radical (unpaired) electrons. The molecule has 0 fully saturated rings. The first-order chi connectivity index (χ1) is 13.3. The summed E-state index contributed by atoms with van der Waals surface area (Å²) in [4.78, 5) is 13.3. The van der Waals surface area contributed by atoms with Crippen molar-refractivity contribution in [2.45, 2.75) is 53.9 Å². The second kappa shape index (κ2) is 8.48. The van der Waals surface area contributed by atoms with Gasteiger partial charge in [0.15, 0.2) is 0 Å². The summed E-state index contributed by atoms with van der Waals surface area (Å²) in [5, 5.41) is 4.05. The third-order valence-corrected chi connectivity index (χ3v) is 6.61. The van der Waals surface area contributed by atoms with Gasteiger partial charge in [-0.15, -0.1) is 11.3 Å². The van der Waals surface area contributed by atoms with E-state index in [0.717, 1.165) is 10.3 Å². The standard InChI is InChI=1S/C25H31NOS/c1-6-26-24(27)20-11-10-19-15-21(28-23(19)16-20)14-17(2)9-12-22-18(3)8-7-13-25(22,4)5/h9-12,14-16H,6-8,13H2,1-5H3,(H,26,27). The average molecular weight is 394 g/mol. The lowest BCUT2D eigenvalue weighted by molar-refractivity contribution is 0.0956. The molecule has 3 rings (SSSR count). The minimum atomic E-state index is -0.00672. The molecule has 2 nitrogen and oxygen atoms in total. The molecule has 1 aliphatic rings. The van der Waals surface area contributed by atoms with Gasteiger partial charge in [-0.1, -0.05) is 37.6 Å². The summed E-state index contributed by atoms with van der Waals surface area (Å²) >= 11 is 1.73. The molecular formula is C25H31NOS. The predicted octanol–water partition coefficient (Wildman–Crippen LogP) is 7.14. The van der Waals surface area contributed by atoms with E-state index in [0.29, 0.717) is 6.54 Å². The van der Waals surface area contributed by atoms with Gasteiger partial charge >= 0.3 is 0 Å². The Bertz CT molecular complexity index is 972.